The lowest BCUT2D eigenvalue weighted by Crippen LogP contribution is -2.49. The molecule has 0 aliphatic carbocycles. The van der Waals surface area contributed by atoms with Gasteiger partial charge in [0.2, 0.25) is 11.8 Å². The highest BCUT2D eigenvalue weighted by Gasteiger charge is 2.26. The van der Waals surface area contributed by atoms with Crippen molar-refractivity contribution in [3.63, 3.8) is 0 Å². The van der Waals surface area contributed by atoms with E-state index in [2.05, 4.69) is 10.2 Å². The smallest absolute Gasteiger partial charge is 0.242 e. The molecule has 2 aromatic rings. The first-order valence-electron chi connectivity index (χ1n) is 10.8. The molecule has 0 unspecified atom stereocenters. The number of hydrogen-bond donors (Lipinski definition) is 1. The van der Waals surface area contributed by atoms with Crippen LogP contribution >= 0.6 is 23.2 Å². The van der Waals surface area contributed by atoms with Gasteiger partial charge in [-0.3, -0.25) is 14.5 Å². The van der Waals surface area contributed by atoms with Gasteiger partial charge in [-0.15, -0.1) is 0 Å². The molecule has 1 aliphatic heterocycles. The monoisotopic (exact) mass is 477 g/mol. The molecule has 1 aliphatic rings. The summed E-state index contributed by atoms with van der Waals surface area (Å²) < 4.78 is 5.35. The van der Waals surface area contributed by atoms with Gasteiger partial charge in [-0.05, 0) is 42.3 Å². The average Bonchev–Trinajstić information content (AvgIpc) is 2.80. The van der Waals surface area contributed by atoms with Crippen molar-refractivity contribution in [1.29, 1.82) is 0 Å². The first kappa shape index (κ1) is 24.5. The van der Waals surface area contributed by atoms with E-state index in [0.29, 0.717) is 23.1 Å². The lowest BCUT2D eigenvalue weighted by molar-refractivity contribution is -0.140. The molecule has 6 nitrogen and oxygen atoms in total. The Morgan fingerprint density at radius 1 is 1.00 bits per heavy atom. The maximum Gasteiger partial charge on any atom is 0.242 e. The van der Waals surface area contributed by atoms with Gasteiger partial charge in [-0.1, -0.05) is 47.5 Å². The second-order valence-corrected chi connectivity index (χ2v) is 8.75. The van der Waals surface area contributed by atoms with Crippen LogP contribution in [0.2, 0.25) is 10.0 Å². The minimum absolute atomic E-state index is 0.127. The standard InChI is InChI=1S/C24H29Cl2N3O3/c1-18(24(31)27-10-11-28-12-14-32-15-13-28)29(17-20-4-8-22(26)9-5-20)23(30)16-19-2-6-21(25)7-3-19/h2-9,18H,10-17H2,1H3,(H,27,31)/t18-/m0/s1. The van der Waals surface area contributed by atoms with E-state index < -0.39 is 6.04 Å². The van der Waals surface area contributed by atoms with Gasteiger partial charge in [-0.25, -0.2) is 0 Å². The van der Waals surface area contributed by atoms with Crippen molar-refractivity contribution < 1.29 is 14.3 Å². The molecule has 1 heterocycles. The third kappa shape index (κ3) is 7.48. The van der Waals surface area contributed by atoms with E-state index in [0.717, 1.165) is 44.0 Å². The molecule has 3 rings (SSSR count). The maximum absolute atomic E-state index is 13.2. The molecule has 32 heavy (non-hydrogen) atoms. The molecule has 172 valence electrons. The number of carbonyl (C=O) groups is 2. The minimum Gasteiger partial charge on any atom is -0.379 e. The molecule has 0 aromatic heterocycles. The Labute approximate surface area is 199 Å². The average molecular weight is 478 g/mol. The summed E-state index contributed by atoms with van der Waals surface area (Å²) in [6.45, 7) is 6.56. The summed E-state index contributed by atoms with van der Waals surface area (Å²) in [4.78, 5) is 30.0. The number of amides is 2. The molecule has 2 aromatic carbocycles. The van der Waals surface area contributed by atoms with E-state index in [1.165, 1.54) is 0 Å². The first-order valence-corrected chi connectivity index (χ1v) is 11.5. The van der Waals surface area contributed by atoms with E-state index in [1.54, 1.807) is 36.1 Å². The van der Waals surface area contributed by atoms with Crippen molar-refractivity contribution in [2.24, 2.45) is 0 Å². The van der Waals surface area contributed by atoms with Gasteiger partial charge in [0, 0.05) is 42.8 Å². The van der Waals surface area contributed by atoms with Crippen LogP contribution in [0.15, 0.2) is 48.5 Å². The van der Waals surface area contributed by atoms with Crippen molar-refractivity contribution >= 4 is 35.0 Å². The van der Waals surface area contributed by atoms with Gasteiger partial charge >= 0.3 is 0 Å². The molecule has 1 saturated heterocycles. The molecule has 1 fully saturated rings. The maximum atomic E-state index is 13.2. The summed E-state index contributed by atoms with van der Waals surface area (Å²) in [7, 11) is 0. The number of carbonyl (C=O) groups excluding carboxylic acids is 2. The molecule has 0 bridgehead atoms. The Bertz CT molecular complexity index is 884. The van der Waals surface area contributed by atoms with Crippen molar-refractivity contribution in [3.05, 3.63) is 69.7 Å². The predicted molar refractivity (Wildman–Crippen MR) is 127 cm³/mol. The fourth-order valence-electron chi connectivity index (χ4n) is 3.56. The molecule has 1 N–H and O–H groups in total. The van der Waals surface area contributed by atoms with Gasteiger partial charge in [-0.2, -0.15) is 0 Å². The Hall–Kier alpha value is -2.12. The summed E-state index contributed by atoms with van der Waals surface area (Å²) in [5.41, 5.74) is 1.76. The highest BCUT2D eigenvalue weighted by atomic mass is 35.5. The molecule has 1 atom stereocenters. The van der Waals surface area contributed by atoms with Crippen LogP contribution in [0.5, 0.6) is 0 Å². The number of rotatable bonds is 9. The van der Waals surface area contributed by atoms with Crippen LogP contribution in [-0.4, -0.2) is 67.0 Å². The summed E-state index contributed by atoms with van der Waals surface area (Å²) in [5, 5.41) is 4.22. The minimum atomic E-state index is -0.616. The van der Waals surface area contributed by atoms with Crippen LogP contribution in [0.1, 0.15) is 18.1 Å². The van der Waals surface area contributed by atoms with Crippen LogP contribution in [0.4, 0.5) is 0 Å². The Morgan fingerprint density at radius 2 is 1.56 bits per heavy atom. The molecule has 8 heteroatoms. The van der Waals surface area contributed by atoms with Crippen molar-refractivity contribution in [1.82, 2.24) is 15.1 Å². The van der Waals surface area contributed by atoms with Crippen LogP contribution in [0.25, 0.3) is 0 Å². The molecule has 0 spiro atoms. The highest BCUT2D eigenvalue weighted by molar-refractivity contribution is 6.30. The SMILES string of the molecule is C[C@@H](C(=O)NCCN1CCOCC1)N(Cc1ccc(Cl)cc1)C(=O)Cc1ccc(Cl)cc1. The number of nitrogens with zero attached hydrogens (tertiary/aromatic N) is 2. The van der Waals surface area contributed by atoms with Gasteiger partial charge in [0.25, 0.3) is 0 Å². The lowest BCUT2D eigenvalue weighted by atomic mass is 10.1. The molecule has 0 radical (unpaired) electrons. The van der Waals surface area contributed by atoms with Crippen molar-refractivity contribution in [3.8, 4) is 0 Å². The van der Waals surface area contributed by atoms with E-state index >= 15 is 0 Å². The predicted octanol–water partition coefficient (Wildman–Crippen LogP) is 3.40. The number of hydrogen-bond acceptors (Lipinski definition) is 4. The summed E-state index contributed by atoms with van der Waals surface area (Å²) >= 11 is 12.0. The van der Waals surface area contributed by atoms with Gasteiger partial charge in [0.15, 0.2) is 0 Å². The Balaban J connectivity index is 1.65. The number of ether oxygens (including phenoxy) is 1. The summed E-state index contributed by atoms with van der Waals surface area (Å²) in [6, 6.07) is 13.9. The van der Waals surface area contributed by atoms with Crippen LogP contribution in [0.3, 0.4) is 0 Å². The summed E-state index contributed by atoms with van der Waals surface area (Å²) in [6.07, 6.45) is 0.191. The Kier molecular flexibility index (Phi) is 9.36. The second-order valence-electron chi connectivity index (χ2n) is 7.87. The zero-order chi connectivity index (χ0) is 22.9. The fraction of sp³-hybridized carbons (Fsp3) is 0.417. The molecule has 0 saturated carbocycles. The fourth-order valence-corrected chi connectivity index (χ4v) is 3.81. The van der Waals surface area contributed by atoms with Crippen molar-refractivity contribution in [2.45, 2.75) is 25.9 Å². The molecular weight excluding hydrogens is 449 g/mol. The van der Waals surface area contributed by atoms with Crippen LogP contribution < -0.4 is 5.32 Å². The number of morpholine rings is 1. The van der Waals surface area contributed by atoms with Crippen LogP contribution in [-0.2, 0) is 27.3 Å². The van der Waals surface area contributed by atoms with E-state index in [9.17, 15) is 9.59 Å². The molecular formula is C24H29Cl2N3O3. The molecule has 2 amide bonds. The third-order valence-corrected chi connectivity index (χ3v) is 6.04. The first-order chi connectivity index (χ1) is 15.4. The number of benzene rings is 2. The van der Waals surface area contributed by atoms with Gasteiger partial charge < -0.3 is 15.0 Å². The quantitative estimate of drug-likeness (QED) is 0.600. The zero-order valence-electron chi connectivity index (χ0n) is 18.2. The zero-order valence-corrected chi connectivity index (χ0v) is 19.7. The van der Waals surface area contributed by atoms with E-state index in [1.807, 2.05) is 24.3 Å². The lowest BCUT2D eigenvalue weighted by Gasteiger charge is -2.30. The van der Waals surface area contributed by atoms with Crippen LogP contribution in [0, 0.1) is 0 Å². The number of nitrogens with one attached hydrogen (secondary N) is 1. The van der Waals surface area contributed by atoms with Gasteiger partial charge in [0.1, 0.15) is 6.04 Å². The third-order valence-electron chi connectivity index (χ3n) is 5.53. The largest absolute Gasteiger partial charge is 0.379 e. The second kappa shape index (κ2) is 12.2. The number of halogens is 2. The normalized spacial score (nSPS) is 15.2. The van der Waals surface area contributed by atoms with E-state index in [-0.39, 0.29) is 18.2 Å². The highest BCUT2D eigenvalue weighted by Crippen LogP contribution is 2.16. The topological polar surface area (TPSA) is 61.9 Å². The summed E-state index contributed by atoms with van der Waals surface area (Å²) in [5.74, 6) is -0.296. The van der Waals surface area contributed by atoms with E-state index in [4.69, 9.17) is 27.9 Å². The Morgan fingerprint density at radius 3 is 2.16 bits per heavy atom. The van der Waals surface area contributed by atoms with Crippen molar-refractivity contribution in [2.75, 3.05) is 39.4 Å². The van der Waals surface area contributed by atoms with Gasteiger partial charge in [0.05, 0.1) is 19.6 Å².